The van der Waals surface area contributed by atoms with Gasteiger partial charge in [0.15, 0.2) is 0 Å². The van der Waals surface area contributed by atoms with Crippen molar-refractivity contribution in [2.75, 3.05) is 32.8 Å². The molecule has 0 saturated carbocycles. The lowest BCUT2D eigenvalue weighted by Crippen LogP contribution is -2.48. The van der Waals surface area contributed by atoms with Crippen LogP contribution in [0.2, 0.25) is 0 Å². The molecule has 2 aliphatic heterocycles. The van der Waals surface area contributed by atoms with Crippen LogP contribution in [0.1, 0.15) is 39.5 Å². The van der Waals surface area contributed by atoms with E-state index >= 15 is 0 Å². The van der Waals surface area contributed by atoms with Gasteiger partial charge in [-0.1, -0.05) is 20.3 Å². The van der Waals surface area contributed by atoms with Gasteiger partial charge in [0.05, 0.1) is 12.7 Å². The molecule has 1 amide bonds. The summed E-state index contributed by atoms with van der Waals surface area (Å²) >= 11 is 0. The maximum Gasteiger partial charge on any atom is 0.223 e. The highest BCUT2D eigenvalue weighted by Gasteiger charge is 2.28. The van der Waals surface area contributed by atoms with E-state index in [1.54, 1.807) is 0 Å². The summed E-state index contributed by atoms with van der Waals surface area (Å²) < 4.78 is 5.80. The van der Waals surface area contributed by atoms with E-state index in [1.165, 1.54) is 0 Å². The average Bonchev–Trinajstić information content (AvgIpc) is 2.47. The number of nitrogens with one attached hydrogen (secondary N) is 1. The highest BCUT2D eigenvalue weighted by molar-refractivity contribution is 5.76. The molecule has 0 spiro atoms. The first-order chi connectivity index (χ1) is 9.20. The third-order valence-corrected chi connectivity index (χ3v) is 4.65. The number of amides is 1. The zero-order valence-electron chi connectivity index (χ0n) is 12.4. The predicted octanol–water partition coefficient (Wildman–Crippen LogP) is 1.65. The maximum absolute atomic E-state index is 12.4. The Morgan fingerprint density at radius 3 is 2.84 bits per heavy atom. The number of rotatable bonds is 4. The summed E-state index contributed by atoms with van der Waals surface area (Å²) in [7, 11) is 0. The van der Waals surface area contributed by atoms with Gasteiger partial charge in [-0.3, -0.25) is 4.79 Å². The third kappa shape index (κ3) is 4.18. The standard InChI is InChI=1S/C15H28N2O2/c1-3-12(2)14-11-17(8-9-19-14)15(18)10-13-4-6-16-7-5-13/h12-14,16H,3-11H2,1-2H3. The van der Waals surface area contributed by atoms with Crippen LogP contribution in [0.15, 0.2) is 0 Å². The Kier molecular flexibility index (Phi) is 5.64. The monoisotopic (exact) mass is 268 g/mol. The fraction of sp³-hybridized carbons (Fsp3) is 0.933. The molecule has 2 atom stereocenters. The lowest BCUT2D eigenvalue weighted by atomic mass is 9.93. The molecule has 0 aromatic heterocycles. The third-order valence-electron chi connectivity index (χ3n) is 4.65. The molecule has 0 bridgehead atoms. The molecule has 110 valence electrons. The molecule has 0 radical (unpaired) electrons. The van der Waals surface area contributed by atoms with Crippen LogP contribution in [0.3, 0.4) is 0 Å². The Hall–Kier alpha value is -0.610. The maximum atomic E-state index is 12.4. The number of hydrogen-bond acceptors (Lipinski definition) is 3. The smallest absolute Gasteiger partial charge is 0.223 e. The van der Waals surface area contributed by atoms with Gasteiger partial charge >= 0.3 is 0 Å². The van der Waals surface area contributed by atoms with Crippen LogP contribution in [0, 0.1) is 11.8 Å². The largest absolute Gasteiger partial charge is 0.374 e. The van der Waals surface area contributed by atoms with Crippen molar-refractivity contribution in [3.63, 3.8) is 0 Å². The van der Waals surface area contributed by atoms with E-state index in [9.17, 15) is 4.79 Å². The molecule has 2 fully saturated rings. The summed E-state index contributed by atoms with van der Waals surface area (Å²) in [6.07, 6.45) is 4.36. The number of ether oxygens (including phenoxy) is 1. The van der Waals surface area contributed by atoms with Crippen molar-refractivity contribution < 1.29 is 9.53 Å². The van der Waals surface area contributed by atoms with E-state index in [0.29, 0.717) is 24.3 Å². The SMILES string of the molecule is CCC(C)C1CN(C(=O)CC2CCNCC2)CCO1. The fourth-order valence-electron chi connectivity index (χ4n) is 2.97. The molecule has 0 aromatic rings. The van der Waals surface area contributed by atoms with Crippen LogP contribution in [-0.4, -0.2) is 49.7 Å². The molecule has 2 aliphatic rings. The Balaban J connectivity index is 1.81. The van der Waals surface area contributed by atoms with Crippen LogP contribution in [0.5, 0.6) is 0 Å². The summed E-state index contributed by atoms with van der Waals surface area (Å²) in [4.78, 5) is 14.4. The molecule has 2 unspecified atom stereocenters. The highest BCUT2D eigenvalue weighted by Crippen LogP contribution is 2.21. The van der Waals surface area contributed by atoms with Gasteiger partial charge in [-0.05, 0) is 37.8 Å². The van der Waals surface area contributed by atoms with Gasteiger partial charge in [0.25, 0.3) is 0 Å². The first-order valence-electron chi connectivity index (χ1n) is 7.80. The molecular formula is C15H28N2O2. The summed E-state index contributed by atoms with van der Waals surface area (Å²) in [5, 5.41) is 3.35. The number of carbonyl (C=O) groups is 1. The Labute approximate surface area is 116 Å². The lowest BCUT2D eigenvalue weighted by Gasteiger charge is -2.36. The lowest BCUT2D eigenvalue weighted by molar-refractivity contribution is -0.142. The number of hydrogen-bond donors (Lipinski definition) is 1. The zero-order valence-corrected chi connectivity index (χ0v) is 12.4. The van der Waals surface area contributed by atoms with Crippen molar-refractivity contribution in [1.82, 2.24) is 10.2 Å². The van der Waals surface area contributed by atoms with Gasteiger partial charge < -0.3 is 15.0 Å². The van der Waals surface area contributed by atoms with Gasteiger partial charge in [-0.2, -0.15) is 0 Å². The van der Waals surface area contributed by atoms with E-state index in [2.05, 4.69) is 19.2 Å². The highest BCUT2D eigenvalue weighted by atomic mass is 16.5. The normalized spacial score (nSPS) is 27.3. The molecule has 2 saturated heterocycles. The number of piperidine rings is 1. The van der Waals surface area contributed by atoms with Gasteiger partial charge in [-0.15, -0.1) is 0 Å². The van der Waals surface area contributed by atoms with Crippen molar-refractivity contribution in [3.8, 4) is 0 Å². The minimum atomic E-state index is 0.232. The second kappa shape index (κ2) is 7.25. The first-order valence-corrected chi connectivity index (χ1v) is 7.80. The van der Waals surface area contributed by atoms with Gasteiger partial charge in [-0.25, -0.2) is 0 Å². The number of morpholine rings is 1. The number of carbonyl (C=O) groups excluding carboxylic acids is 1. The van der Waals surface area contributed by atoms with E-state index in [4.69, 9.17) is 4.74 Å². The van der Waals surface area contributed by atoms with E-state index < -0.39 is 0 Å². The van der Waals surface area contributed by atoms with Crippen molar-refractivity contribution >= 4 is 5.91 Å². The molecule has 19 heavy (non-hydrogen) atoms. The van der Waals surface area contributed by atoms with Crippen molar-refractivity contribution in [2.45, 2.75) is 45.6 Å². The van der Waals surface area contributed by atoms with Gasteiger partial charge in [0.1, 0.15) is 0 Å². The fourth-order valence-corrected chi connectivity index (χ4v) is 2.97. The van der Waals surface area contributed by atoms with Crippen molar-refractivity contribution in [1.29, 1.82) is 0 Å². The molecule has 4 heteroatoms. The molecule has 4 nitrogen and oxygen atoms in total. The summed E-state index contributed by atoms with van der Waals surface area (Å²) in [6, 6.07) is 0. The number of nitrogens with zero attached hydrogens (tertiary/aromatic N) is 1. The minimum absolute atomic E-state index is 0.232. The van der Waals surface area contributed by atoms with Gasteiger partial charge in [0.2, 0.25) is 5.91 Å². The van der Waals surface area contributed by atoms with Crippen LogP contribution in [0.25, 0.3) is 0 Å². The summed E-state index contributed by atoms with van der Waals surface area (Å²) in [6.45, 7) is 8.80. The zero-order chi connectivity index (χ0) is 13.7. The van der Waals surface area contributed by atoms with Crippen molar-refractivity contribution in [3.05, 3.63) is 0 Å². The molecular weight excluding hydrogens is 240 g/mol. The first kappa shape index (κ1) is 14.8. The molecule has 0 aromatic carbocycles. The Bertz CT molecular complexity index is 290. The second-order valence-electron chi connectivity index (χ2n) is 6.03. The average molecular weight is 268 g/mol. The molecule has 2 rings (SSSR count). The molecule has 0 aliphatic carbocycles. The van der Waals surface area contributed by atoms with E-state index in [1.807, 2.05) is 4.90 Å². The quantitative estimate of drug-likeness (QED) is 0.843. The summed E-state index contributed by atoms with van der Waals surface area (Å²) in [5.41, 5.74) is 0. The minimum Gasteiger partial charge on any atom is -0.374 e. The summed E-state index contributed by atoms with van der Waals surface area (Å²) in [5.74, 6) is 1.46. The van der Waals surface area contributed by atoms with Crippen LogP contribution in [-0.2, 0) is 9.53 Å². The van der Waals surface area contributed by atoms with Crippen molar-refractivity contribution in [2.24, 2.45) is 11.8 Å². The topological polar surface area (TPSA) is 41.6 Å². The predicted molar refractivity (Wildman–Crippen MR) is 76.0 cm³/mol. The van der Waals surface area contributed by atoms with Gasteiger partial charge in [0, 0.05) is 19.5 Å². The van der Waals surface area contributed by atoms with E-state index in [0.717, 1.165) is 51.9 Å². The van der Waals surface area contributed by atoms with Crippen LogP contribution in [0.4, 0.5) is 0 Å². The van der Waals surface area contributed by atoms with Crippen LogP contribution < -0.4 is 5.32 Å². The second-order valence-corrected chi connectivity index (χ2v) is 6.03. The Morgan fingerprint density at radius 2 is 2.16 bits per heavy atom. The molecule has 2 heterocycles. The van der Waals surface area contributed by atoms with E-state index in [-0.39, 0.29) is 6.10 Å². The molecule has 1 N–H and O–H groups in total. The van der Waals surface area contributed by atoms with Crippen LogP contribution >= 0.6 is 0 Å². The Morgan fingerprint density at radius 1 is 1.42 bits per heavy atom.